The molecule has 3 aliphatic rings. The summed E-state index contributed by atoms with van der Waals surface area (Å²) in [5.74, 6) is 2.52. The van der Waals surface area contributed by atoms with Gasteiger partial charge in [0.1, 0.15) is 29.2 Å². The first-order chi connectivity index (χ1) is 33.2. The molecule has 1 aromatic heterocycles. The standard InChI is InChI=1S/C54H69N7O7/c1-5-66-50-20-11-10-19-48(50)61-52(56-46-18-9-8-17-45(46)53(61)63)39(3)58-29-31-59(32-30-58)51(62)37-67-43-24-22-40(23-25-43)36-55-27-12-6-7-13-28-60-41-15-14-16-42(60)35-44(34-41)68-54(64)57-47-33-38(2)21-26-49(47)65-4/h8-11,17-26,33,39,41-42,44,55H,5-7,12-16,27-32,34-37H2,1-4H3,(H,57,64). The Bertz CT molecular complexity index is 2510. The van der Waals surface area contributed by atoms with E-state index in [4.69, 9.17) is 23.9 Å². The summed E-state index contributed by atoms with van der Waals surface area (Å²) in [7, 11) is 1.60. The van der Waals surface area contributed by atoms with E-state index in [1.54, 1.807) is 11.7 Å². The molecule has 68 heavy (non-hydrogen) atoms. The number of hydrogen-bond donors (Lipinski definition) is 2. The number of nitrogens with one attached hydrogen (secondary N) is 2. The van der Waals surface area contributed by atoms with Gasteiger partial charge in [0, 0.05) is 57.6 Å². The number of methoxy groups -OCH3 is 1. The molecule has 8 rings (SSSR count). The van der Waals surface area contributed by atoms with Crippen molar-refractivity contribution in [3.05, 3.63) is 118 Å². The molecule has 3 aliphatic heterocycles. The molecule has 0 radical (unpaired) electrons. The third kappa shape index (κ3) is 12.0. The number of piperazine rings is 1. The highest BCUT2D eigenvalue weighted by Crippen LogP contribution is 2.36. The lowest BCUT2D eigenvalue weighted by Crippen LogP contribution is -2.54. The number of carbonyl (C=O) groups excluding carboxylic acids is 2. The molecule has 3 fully saturated rings. The number of benzene rings is 4. The first-order valence-electron chi connectivity index (χ1n) is 24.7. The highest BCUT2D eigenvalue weighted by atomic mass is 16.6. The molecule has 3 unspecified atom stereocenters. The van der Waals surface area contributed by atoms with E-state index in [0.29, 0.717) is 90.2 Å². The zero-order chi connectivity index (χ0) is 47.4. The number of carbonyl (C=O) groups is 2. The van der Waals surface area contributed by atoms with Gasteiger partial charge in [-0.1, -0.05) is 61.7 Å². The number of fused-ring (bicyclic) bond motifs is 3. The van der Waals surface area contributed by atoms with Crippen molar-refractivity contribution in [3.63, 3.8) is 0 Å². The van der Waals surface area contributed by atoms with Crippen LogP contribution in [0.15, 0.2) is 95.8 Å². The van der Waals surface area contributed by atoms with E-state index in [1.807, 2.05) is 97.6 Å². The summed E-state index contributed by atoms with van der Waals surface area (Å²) in [4.78, 5) is 52.1. The fraction of sp³-hybridized carbons (Fsp3) is 0.481. The quantitative estimate of drug-likeness (QED) is 0.0726. The Labute approximate surface area is 400 Å². The maximum Gasteiger partial charge on any atom is 0.412 e. The van der Waals surface area contributed by atoms with Crippen LogP contribution in [0.1, 0.15) is 94.6 Å². The average molecular weight is 928 g/mol. The van der Waals surface area contributed by atoms with Crippen LogP contribution in [0.4, 0.5) is 10.5 Å². The van der Waals surface area contributed by atoms with E-state index < -0.39 is 6.09 Å². The molecule has 3 atom stereocenters. The molecule has 2 bridgehead atoms. The fourth-order valence-electron chi connectivity index (χ4n) is 10.3. The predicted octanol–water partition coefficient (Wildman–Crippen LogP) is 8.67. The molecule has 14 heteroatoms. The molecule has 2 amide bonds. The normalized spacial score (nSPS) is 19.1. The van der Waals surface area contributed by atoms with Crippen LogP contribution in [-0.2, 0) is 16.1 Å². The molecule has 0 saturated carbocycles. The predicted molar refractivity (Wildman–Crippen MR) is 266 cm³/mol. The van der Waals surface area contributed by atoms with E-state index in [2.05, 4.69) is 39.5 Å². The van der Waals surface area contributed by atoms with Gasteiger partial charge in [-0.15, -0.1) is 0 Å². The maximum absolute atomic E-state index is 14.0. The SMILES string of the molecule is CCOc1ccccc1-n1c(C(C)N2CCN(C(=O)COc3ccc(CNCCCCCCN4C5CCCC4CC(OC(=O)Nc4cc(C)ccc4OC)C5)cc3)CC2)nc2ccccc2c1=O. The summed E-state index contributed by atoms with van der Waals surface area (Å²) in [6.07, 6.45) is 9.62. The average Bonchev–Trinajstić information content (AvgIpc) is 3.34. The molecule has 362 valence electrons. The highest BCUT2D eigenvalue weighted by Gasteiger charge is 2.39. The molecule has 5 aromatic rings. The second-order valence-corrected chi connectivity index (χ2v) is 18.4. The monoisotopic (exact) mass is 928 g/mol. The van der Waals surface area contributed by atoms with Crippen molar-refractivity contribution in [2.75, 3.05) is 64.9 Å². The third-order valence-electron chi connectivity index (χ3n) is 13.9. The first kappa shape index (κ1) is 48.5. The number of hydrogen-bond acceptors (Lipinski definition) is 11. The minimum atomic E-state index is -0.406. The number of nitrogens with zero attached hydrogens (tertiary/aromatic N) is 5. The minimum absolute atomic E-state index is 0.0227. The van der Waals surface area contributed by atoms with Crippen LogP contribution in [-0.4, -0.2) is 114 Å². The van der Waals surface area contributed by atoms with Gasteiger partial charge >= 0.3 is 6.09 Å². The van der Waals surface area contributed by atoms with Crippen molar-refractivity contribution in [1.29, 1.82) is 0 Å². The fourth-order valence-corrected chi connectivity index (χ4v) is 10.3. The number of ether oxygens (including phenoxy) is 4. The number of rotatable bonds is 20. The molecule has 4 heterocycles. The lowest BCUT2D eigenvalue weighted by molar-refractivity contribution is -0.135. The zero-order valence-electron chi connectivity index (χ0n) is 40.3. The van der Waals surface area contributed by atoms with Crippen molar-refractivity contribution < 1.29 is 28.5 Å². The van der Waals surface area contributed by atoms with Crippen molar-refractivity contribution in [2.24, 2.45) is 0 Å². The Hall–Kier alpha value is -5.96. The molecule has 4 aromatic carbocycles. The lowest BCUT2D eigenvalue weighted by Gasteiger charge is -2.48. The zero-order valence-corrected chi connectivity index (χ0v) is 40.3. The van der Waals surface area contributed by atoms with Crippen LogP contribution in [0.3, 0.4) is 0 Å². The van der Waals surface area contributed by atoms with E-state index in [9.17, 15) is 14.4 Å². The topological polar surface area (TPSA) is 140 Å². The molecular weight excluding hydrogens is 859 g/mol. The summed E-state index contributed by atoms with van der Waals surface area (Å²) < 4.78 is 25.0. The van der Waals surface area contributed by atoms with Gasteiger partial charge in [0.2, 0.25) is 0 Å². The number of anilines is 1. The number of piperidine rings is 2. The number of amides is 2. The lowest BCUT2D eigenvalue weighted by atomic mass is 9.82. The van der Waals surface area contributed by atoms with Gasteiger partial charge in [0.15, 0.2) is 6.61 Å². The maximum atomic E-state index is 14.0. The van der Waals surface area contributed by atoms with Crippen LogP contribution in [0.2, 0.25) is 0 Å². The summed E-state index contributed by atoms with van der Waals surface area (Å²) in [6.45, 7) is 11.7. The van der Waals surface area contributed by atoms with E-state index in [1.165, 1.54) is 44.1 Å². The largest absolute Gasteiger partial charge is 0.495 e. The second-order valence-electron chi connectivity index (χ2n) is 18.4. The smallest absolute Gasteiger partial charge is 0.412 e. The molecular formula is C54H69N7O7. The number of aromatic nitrogens is 2. The van der Waals surface area contributed by atoms with E-state index >= 15 is 0 Å². The Kier molecular flexibility index (Phi) is 16.7. The Balaban J connectivity index is 0.713. The highest BCUT2D eigenvalue weighted by molar-refractivity contribution is 5.87. The van der Waals surface area contributed by atoms with Crippen LogP contribution < -0.4 is 30.4 Å². The van der Waals surface area contributed by atoms with Gasteiger partial charge in [-0.2, -0.15) is 0 Å². The summed E-state index contributed by atoms with van der Waals surface area (Å²) in [6, 6.07) is 29.5. The van der Waals surface area contributed by atoms with Gasteiger partial charge in [-0.25, -0.2) is 9.78 Å². The number of unbranched alkanes of at least 4 members (excludes halogenated alkanes) is 3. The van der Waals surface area contributed by atoms with Crippen molar-refractivity contribution >= 4 is 28.6 Å². The van der Waals surface area contributed by atoms with E-state index in [0.717, 1.165) is 44.5 Å². The molecule has 2 N–H and O–H groups in total. The third-order valence-corrected chi connectivity index (χ3v) is 13.9. The minimum Gasteiger partial charge on any atom is -0.495 e. The second kappa shape index (κ2) is 23.4. The van der Waals surface area contributed by atoms with Gasteiger partial charge in [-0.05, 0) is 119 Å². The Morgan fingerprint density at radius 2 is 1.57 bits per heavy atom. The number of aryl methyl sites for hydroxylation is 1. The van der Waals surface area contributed by atoms with Gasteiger partial charge in [0.05, 0.1) is 42.0 Å². The summed E-state index contributed by atoms with van der Waals surface area (Å²) in [5.41, 5.74) is 4.04. The van der Waals surface area contributed by atoms with Crippen LogP contribution in [0.5, 0.6) is 17.2 Å². The summed E-state index contributed by atoms with van der Waals surface area (Å²) >= 11 is 0. The molecule has 14 nitrogen and oxygen atoms in total. The van der Waals surface area contributed by atoms with Gasteiger partial charge in [-0.3, -0.25) is 29.3 Å². The number of para-hydroxylation sites is 3. The molecule has 3 saturated heterocycles. The van der Waals surface area contributed by atoms with Gasteiger partial charge in [0.25, 0.3) is 11.5 Å². The van der Waals surface area contributed by atoms with Gasteiger partial charge < -0.3 is 29.2 Å². The summed E-state index contributed by atoms with van der Waals surface area (Å²) in [5, 5.41) is 7.04. The van der Waals surface area contributed by atoms with Crippen molar-refractivity contribution in [3.8, 4) is 22.9 Å². The van der Waals surface area contributed by atoms with Crippen molar-refractivity contribution in [1.82, 2.24) is 29.6 Å². The molecule has 0 aliphatic carbocycles. The van der Waals surface area contributed by atoms with Crippen LogP contribution in [0, 0.1) is 6.92 Å². The first-order valence-corrected chi connectivity index (χ1v) is 24.7. The van der Waals surface area contributed by atoms with E-state index in [-0.39, 0.29) is 30.2 Å². The van der Waals surface area contributed by atoms with Crippen molar-refractivity contribution in [2.45, 2.75) is 109 Å². The van der Waals surface area contributed by atoms with Crippen LogP contribution in [0.25, 0.3) is 16.6 Å². The Morgan fingerprint density at radius 3 is 2.34 bits per heavy atom. The Morgan fingerprint density at radius 1 is 0.838 bits per heavy atom. The molecule has 0 spiro atoms. The van der Waals surface area contributed by atoms with Crippen LogP contribution >= 0.6 is 0 Å².